The molecule has 0 heterocycles. The number of rotatable bonds is 19. The summed E-state index contributed by atoms with van der Waals surface area (Å²) < 4.78 is 20.8. The van der Waals surface area contributed by atoms with Crippen LogP contribution in [-0.4, -0.2) is 24.7 Å². The Morgan fingerprint density at radius 3 is 1.68 bits per heavy atom. The molecule has 0 fully saturated rings. The summed E-state index contributed by atoms with van der Waals surface area (Å²) in [7, 11) is 0. The quantitative estimate of drug-likeness (QED) is 0.0938. The summed E-state index contributed by atoms with van der Waals surface area (Å²) in [6, 6.07) is 0. The predicted molar refractivity (Wildman–Crippen MR) is 109 cm³/mol. The Hall–Kier alpha value is -2.08. The van der Waals surface area contributed by atoms with Crippen molar-refractivity contribution in [2.24, 2.45) is 0 Å². The largest absolute Gasteiger partial charge is 0.475 e. The topological polar surface area (TPSA) is 71.1 Å². The Labute approximate surface area is 169 Å². The van der Waals surface area contributed by atoms with Gasteiger partial charge in [0, 0.05) is 12.2 Å². The second kappa shape index (κ2) is 17.0. The molecule has 0 aromatic rings. The first kappa shape index (κ1) is 25.9. The molecule has 0 radical (unpaired) electrons. The Morgan fingerprint density at radius 1 is 0.786 bits per heavy atom. The van der Waals surface area contributed by atoms with Crippen LogP contribution in [0.3, 0.4) is 0 Å². The highest BCUT2D eigenvalue weighted by molar-refractivity contribution is 5.83. The van der Waals surface area contributed by atoms with E-state index in [4.69, 9.17) is 18.9 Å². The van der Waals surface area contributed by atoms with Crippen LogP contribution in [0.15, 0.2) is 38.2 Å². The van der Waals surface area contributed by atoms with Crippen LogP contribution in [-0.2, 0) is 28.5 Å². The number of ether oxygens (including phenoxy) is 4. The van der Waals surface area contributed by atoms with Crippen molar-refractivity contribution >= 4 is 11.9 Å². The Balaban J connectivity index is 4.52. The standard InChI is InChI=1S/C22H36O6/c1-5-9-10-11-12-13-14-15-16-17-18-22(26-19-25-8-4,27-20(23)6-2)28-21(24)7-3/h6-8H,2-5,9-19H2,1H3. The van der Waals surface area contributed by atoms with Crippen molar-refractivity contribution in [3.8, 4) is 0 Å². The fourth-order valence-corrected chi connectivity index (χ4v) is 2.64. The Morgan fingerprint density at radius 2 is 1.25 bits per heavy atom. The summed E-state index contributed by atoms with van der Waals surface area (Å²) in [6.07, 6.45) is 14.7. The van der Waals surface area contributed by atoms with E-state index in [0.29, 0.717) is 6.42 Å². The van der Waals surface area contributed by atoms with Crippen molar-refractivity contribution in [3.05, 3.63) is 38.2 Å². The molecule has 0 aromatic heterocycles. The number of carbonyl (C=O) groups excluding carboxylic acids is 2. The van der Waals surface area contributed by atoms with Gasteiger partial charge >= 0.3 is 17.9 Å². The zero-order valence-electron chi connectivity index (χ0n) is 17.3. The lowest BCUT2D eigenvalue weighted by Crippen LogP contribution is -2.43. The van der Waals surface area contributed by atoms with E-state index in [1.165, 1.54) is 44.8 Å². The van der Waals surface area contributed by atoms with E-state index >= 15 is 0 Å². The van der Waals surface area contributed by atoms with Gasteiger partial charge in [0.1, 0.15) is 0 Å². The minimum absolute atomic E-state index is 0.184. The maximum atomic E-state index is 11.7. The van der Waals surface area contributed by atoms with Crippen molar-refractivity contribution in [3.63, 3.8) is 0 Å². The number of hydrogen-bond donors (Lipinski definition) is 0. The molecular formula is C22H36O6. The third kappa shape index (κ3) is 13.1. The fraction of sp³-hybridized carbons (Fsp3) is 0.636. The molecule has 160 valence electrons. The van der Waals surface area contributed by atoms with Crippen molar-refractivity contribution in [1.82, 2.24) is 0 Å². The summed E-state index contributed by atoms with van der Waals surface area (Å²) in [5.74, 6) is -3.40. The highest BCUT2D eigenvalue weighted by Crippen LogP contribution is 2.25. The second-order valence-corrected chi connectivity index (χ2v) is 6.46. The summed E-state index contributed by atoms with van der Waals surface area (Å²) >= 11 is 0. The zero-order chi connectivity index (χ0) is 21.1. The third-order valence-corrected chi connectivity index (χ3v) is 4.15. The van der Waals surface area contributed by atoms with Crippen LogP contribution in [0.25, 0.3) is 0 Å². The van der Waals surface area contributed by atoms with Crippen molar-refractivity contribution in [2.75, 3.05) is 6.79 Å². The van der Waals surface area contributed by atoms with Gasteiger partial charge in [-0.3, -0.25) is 4.74 Å². The molecule has 0 aromatic carbocycles. The summed E-state index contributed by atoms with van der Waals surface area (Å²) in [4.78, 5) is 23.4. The summed E-state index contributed by atoms with van der Waals surface area (Å²) in [5, 5.41) is 0. The molecule has 28 heavy (non-hydrogen) atoms. The van der Waals surface area contributed by atoms with Gasteiger partial charge in [-0.2, -0.15) is 0 Å². The number of unbranched alkanes of at least 4 members (excludes halogenated alkanes) is 9. The molecule has 6 heteroatoms. The minimum atomic E-state index is -1.88. The Bertz CT molecular complexity index is 450. The third-order valence-electron chi connectivity index (χ3n) is 4.15. The molecule has 0 aliphatic rings. The van der Waals surface area contributed by atoms with Crippen LogP contribution in [0.1, 0.15) is 77.6 Å². The molecule has 0 aliphatic heterocycles. The van der Waals surface area contributed by atoms with Gasteiger partial charge in [0.2, 0.25) is 0 Å². The van der Waals surface area contributed by atoms with Crippen LogP contribution in [0, 0.1) is 0 Å². The van der Waals surface area contributed by atoms with Gasteiger partial charge in [0.15, 0.2) is 6.79 Å². The van der Waals surface area contributed by atoms with E-state index in [1.807, 2.05) is 0 Å². The van der Waals surface area contributed by atoms with Gasteiger partial charge in [-0.1, -0.05) is 84.4 Å². The molecule has 0 N–H and O–H groups in total. The highest BCUT2D eigenvalue weighted by Gasteiger charge is 2.39. The van der Waals surface area contributed by atoms with E-state index in [9.17, 15) is 9.59 Å². The molecule has 0 unspecified atom stereocenters. The van der Waals surface area contributed by atoms with E-state index < -0.39 is 17.9 Å². The zero-order valence-corrected chi connectivity index (χ0v) is 17.3. The van der Waals surface area contributed by atoms with E-state index in [2.05, 4.69) is 26.7 Å². The number of hydrogen-bond acceptors (Lipinski definition) is 6. The maximum Gasteiger partial charge on any atom is 0.379 e. The van der Waals surface area contributed by atoms with E-state index in [1.54, 1.807) is 0 Å². The number of carbonyl (C=O) groups is 2. The summed E-state index contributed by atoms with van der Waals surface area (Å²) in [6.45, 7) is 12.1. The van der Waals surface area contributed by atoms with Crippen LogP contribution in [0.5, 0.6) is 0 Å². The van der Waals surface area contributed by atoms with Crippen molar-refractivity contribution in [1.29, 1.82) is 0 Å². The first-order valence-electron chi connectivity index (χ1n) is 10.1. The first-order valence-corrected chi connectivity index (χ1v) is 10.1. The van der Waals surface area contributed by atoms with Gasteiger partial charge in [0.25, 0.3) is 0 Å². The molecular weight excluding hydrogens is 360 g/mol. The smallest absolute Gasteiger partial charge is 0.379 e. The lowest BCUT2D eigenvalue weighted by Gasteiger charge is -2.31. The van der Waals surface area contributed by atoms with Gasteiger partial charge in [-0.05, 0) is 6.42 Å². The number of esters is 2. The van der Waals surface area contributed by atoms with Crippen molar-refractivity contribution < 1.29 is 28.5 Å². The molecule has 6 nitrogen and oxygen atoms in total. The molecule has 0 aliphatic carbocycles. The SMILES string of the molecule is C=COCOC(CCCCCCCCCCCC)(OC(=O)C=C)OC(=O)C=C. The fourth-order valence-electron chi connectivity index (χ4n) is 2.64. The molecule has 0 spiro atoms. The molecule has 0 atom stereocenters. The average Bonchev–Trinajstić information content (AvgIpc) is 2.69. The Kier molecular flexibility index (Phi) is 15.8. The lowest BCUT2D eigenvalue weighted by molar-refractivity contribution is -0.361. The molecule has 0 bridgehead atoms. The molecule has 0 amide bonds. The highest BCUT2D eigenvalue weighted by atomic mass is 16.9. The van der Waals surface area contributed by atoms with Gasteiger partial charge < -0.3 is 14.2 Å². The van der Waals surface area contributed by atoms with E-state index in [0.717, 1.165) is 31.4 Å². The van der Waals surface area contributed by atoms with Crippen LogP contribution >= 0.6 is 0 Å². The lowest BCUT2D eigenvalue weighted by atomic mass is 10.1. The van der Waals surface area contributed by atoms with Gasteiger partial charge in [-0.25, -0.2) is 9.59 Å². The minimum Gasteiger partial charge on any atom is -0.475 e. The predicted octanol–water partition coefficient (Wildman–Crippen LogP) is 5.54. The monoisotopic (exact) mass is 396 g/mol. The molecule has 0 saturated carbocycles. The maximum absolute atomic E-state index is 11.7. The van der Waals surface area contributed by atoms with Crippen molar-refractivity contribution in [2.45, 2.75) is 83.5 Å². The van der Waals surface area contributed by atoms with Gasteiger partial charge in [0.05, 0.1) is 12.7 Å². The van der Waals surface area contributed by atoms with E-state index in [-0.39, 0.29) is 13.2 Å². The summed E-state index contributed by atoms with van der Waals surface area (Å²) in [5.41, 5.74) is 0. The van der Waals surface area contributed by atoms with Crippen LogP contribution in [0.4, 0.5) is 0 Å². The van der Waals surface area contributed by atoms with Crippen LogP contribution < -0.4 is 0 Å². The first-order chi connectivity index (χ1) is 13.5. The molecule has 0 saturated heterocycles. The second-order valence-electron chi connectivity index (χ2n) is 6.46. The normalized spacial score (nSPS) is 10.8. The van der Waals surface area contributed by atoms with Gasteiger partial charge in [-0.15, -0.1) is 0 Å². The van der Waals surface area contributed by atoms with Crippen LogP contribution in [0.2, 0.25) is 0 Å². The molecule has 0 rings (SSSR count). The average molecular weight is 397 g/mol.